The Morgan fingerprint density at radius 3 is 2.48 bits per heavy atom. The zero-order valence-electron chi connectivity index (χ0n) is 16.9. The molecule has 2 saturated heterocycles. The van der Waals surface area contributed by atoms with Gasteiger partial charge in [-0.25, -0.2) is 4.39 Å². The van der Waals surface area contributed by atoms with E-state index in [0.717, 1.165) is 4.90 Å². The highest BCUT2D eigenvalue weighted by molar-refractivity contribution is 9.10. The van der Waals surface area contributed by atoms with Crippen LogP contribution in [0, 0.1) is 5.92 Å². The molecule has 0 bridgehead atoms. The molecule has 6 nitrogen and oxygen atoms in total. The molecule has 0 aromatic heterocycles. The average molecular weight is 513 g/mol. The van der Waals surface area contributed by atoms with Gasteiger partial charge < -0.3 is 19.8 Å². The molecule has 3 N–H and O–H groups in total. The first-order valence-electron chi connectivity index (χ1n) is 9.90. The fraction of sp³-hybridized carbons (Fsp3) is 0.650. The van der Waals surface area contributed by atoms with Crippen molar-refractivity contribution in [1.29, 1.82) is 0 Å². The largest absolute Gasteiger partial charge is 0.407 e. The Morgan fingerprint density at radius 2 is 1.94 bits per heavy atom. The van der Waals surface area contributed by atoms with Crippen LogP contribution in [0.4, 0.5) is 17.6 Å². The number of carbonyl (C=O) groups excluding carboxylic acids is 1. The van der Waals surface area contributed by atoms with Gasteiger partial charge in [0.05, 0.1) is 12.6 Å². The second-order valence-electron chi connectivity index (χ2n) is 8.48. The summed E-state index contributed by atoms with van der Waals surface area (Å²) >= 11 is 3.18. The van der Waals surface area contributed by atoms with E-state index in [0.29, 0.717) is 4.47 Å². The third-order valence-electron chi connectivity index (χ3n) is 5.52. The Bertz CT molecular complexity index is 790. The van der Waals surface area contributed by atoms with Crippen molar-refractivity contribution in [2.45, 2.75) is 62.6 Å². The zero-order valence-corrected chi connectivity index (χ0v) is 18.5. The molecule has 1 amide bonds. The van der Waals surface area contributed by atoms with Gasteiger partial charge in [0.15, 0.2) is 0 Å². The minimum Gasteiger partial charge on any atom is -0.367 e. The zero-order chi connectivity index (χ0) is 23.1. The number of nitrogens with zero attached hydrogens (tertiary/aromatic N) is 1. The molecule has 0 radical (unpaired) electrons. The van der Waals surface area contributed by atoms with Gasteiger partial charge in [-0.2, -0.15) is 13.2 Å². The second kappa shape index (κ2) is 8.93. The first-order valence-corrected chi connectivity index (χ1v) is 10.7. The fourth-order valence-electron chi connectivity index (χ4n) is 4.17. The van der Waals surface area contributed by atoms with Gasteiger partial charge in [0.1, 0.15) is 31.0 Å². The molecule has 1 unspecified atom stereocenters. The molecule has 11 heteroatoms. The molecule has 0 spiro atoms. The number of benzene rings is 1. The lowest BCUT2D eigenvalue weighted by molar-refractivity contribution is -0.192. The van der Waals surface area contributed by atoms with Crippen LogP contribution in [0.2, 0.25) is 0 Å². The second-order valence-corrected chi connectivity index (χ2v) is 9.40. The number of hydrogen-bond acceptors (Lipinski definition) is 5. The summed E-state index contributed by atoms with van der Waals surface area (Å²) in [7, 11) is 0. The Labute approximate surface area is 185 Å². The Balaban J connectivity index is 1.90. The number of nitrogens with one attached hydrogen (secondary N) is 1. The normalized spacial score (nSPS) is 27.4. The lowest BCUT2D eigenvalue weighted by atomic mass is 9.98. The van der Waals surface area contributed by atoms with Crippen molar-refractivity contribution in [2.24, 2.45) is 5.92 Å². The number of rotatable bonds is 6. The number of fused-ring (bicyclic) bond motifs is 1. The SMILES string of the molecule is CC(C)C[C@H](NC(c1ccc(Br)cc1)C(F)(F)F)C(=O)N1C[C@H](F)[C@H]2OCC(O)(O)[C@H]21. The predicted molar refractivity (Wildman–Crippen MR) is 107 cm³/mol. The fourth-order valence-corrected chi connectivity index (χ4v) is 4.43. The van der Waals surface area contributed by atoms with Crippen LogP contribution >= 0.6 is 15.9 Å². The van der Waals surface area contributed by atoms with Gasteiger partial charge >= 0.3 is 6.18 Å². The van der Waals surface area contributed by atoms with Crippen molar-refractivity contribution >= 4 is 21.8 Å². The number of aliphatic hydroxyl groups is 2. The van der Waals surface area contributed by atoms with Gasteiger partial charge in [-0.05, 0) is 30.0 Å². The maximum atomic E-state index is 14.4. The number of carbonyl (C=O) groups is 1. The average Bonchev–Trinajstić information content (AvgIpc) is 3.16. The highest BCUT2D eigenvalue weighted by Crippen LogP contribution is 2.38. The highest BCUT2D eigenvalue weighted by Gasteiger charge is 2.60. The van der Waals surface area contributed by atoms with Gasteiger partial charge in [0.2, 0.25) is 11.7 Å². The van der Waals surface area contributed by atoms with Crippen LogP contribution < -0.4 is 5.32 Å². The van der Waals surface area contributed by atoms with Crippen molar-refractivity contribution in [3.8, 4) is 0 Å². The van der Waals surface area contributed by atoms with E-state index in [1.165, 1.54) is 24.3 Å². The highest BCUT2D eigenvalue weighted by atomic mass is 79.9. The van der Waals surface area contributed by atoms with Crippen molar-refractivity contribution in [3.63, 3.8) is 0 Å². The molecule has 2 fully saturated rings. The Kier molecular flexibility index (Phi) is 7.02. The van der Waals surface area contributed by atoms with Crippen LogP contribution in [0.1, 0.15) is 31.9 Å². The Hall–Kier alpha value is -1.27. The maximum absolute atomic E-state index is 14.4. The third kappa shape index (κ3) is 5.22. The van der Waals surface area contributed by atoms with E-state index in [1.807, 2.05) is 0 Å². The molecule has 1 aromatic rings. The van der Waals surface area contributed by atoms with E-state index < -0.39 is 61.4 Å². The van der Waals surface area contributed by atoms with Gasteiger partial charge in [-0.1, -0.05) is 41.9 Å². The minimum atomic E-state index is -4.70. The van der Waals surface area contributed by atoms with Crippen LogP contribution in [0.5, 0.6) is 0 Å². The van der Waals surface area contributed by atoms with Crippen LogP contribution in [-0.2, 0) is 9.53 Å². The number of halogens is 5. The van der Waals surface area contributed by atoms with Crippen molar-refractivity contribution in [1.82, 2.24) is 10.2 Å². The van der Waals surface area contributed by atoms with Crippen LogP contribution in [0.15, 0.2) is 28.7 Å². The molecule has 2 aliphatic rings. The summed E-state index contributed by atoms with van der Waals surface area (Å²) in [6.07, 6.45) is -7.56. The molecule has 5 atom stereocenters. The number of alkyl halides is 4. The summed E-state index contributed by atoms with van der Waals surface area (Å²) in [5, 5.41) is 22.7. The monoisotopic (exact) mass is 512 g/mol. The maximum Gasteiger partial charge on any atom is 0.407 e. The summed E-state index contributed by atoms with van der Waals surface area (Å²) in [6, 6.07) is 0.687. The number of likely N-dealkylation sites (tertiary alicyclic amines) is 1. The summed E-state index contributed by atoms with van der Waals surface area (Å²) in [5.41, 5.74) is -0.0808. The lowest BCUT2D eigenvalue weighted by Gasteiger charge is -2.35. The summed E-state index contributed by atoms with van der Waals surface area (Å²) in [6.45, 7) is 2.42. The molecule has 31 heavy (non-hydrogen) atoms. The molecular weight excluding hydrogens is 488 g/mol. The van der Waals surface area contributed by atoms with E-state index >= 15 is 0 Å². The van der Waals surface area contributed by atoms with Crippen LogP contribution in [0.25, 0.3) is 0 Å². The van der Waals surface area contributed by atoms with Crippen molar-refractivity contribution in [3.05, 3.63) is 34.3 Å². The third-order valence-corrected chi connectivity index (χ3v) is 6.05. The van der Waals surface area contributed by atoms with Crippen LogP contribution in [0.3, 0.4) is 0 Å². The number of hydrogen-bond donors (Lipinski definition) is 3. The van der Waals surface area contributed by atoms with E-state index in [1.54, 1.807) is 13.8 Å². The molecule has 2 aliphatic heterocycles. The molecule has 1 aromatic carbocycles. The van der Waals surface area contributed by atoms with Crippen LogP contribution in [-0.4, -0.2) is 70.5 Å². The van der Waals surface area contributed by atoms with Gasteiger partial charge in [-0.3, -0.25) is 10.1 Å². The molecule has 0 saturated carbocycles. The molecular formula is C20H25BrF4N2O4. The molecule has 3 rings (SSSR count). The number of amides is 1. The van der Waals surface area contributed by atoms with E-state index in [2.05, 4.69) is 21.2 Å². The lowest BCUT2D eigenvalue weighted by Crippen LogP contribution is -2.58. The smallest absolute Gasteiger partial charge is 0.367 e. The Morgan fingerprint density at radius 1 is 1.32 bits per heavy atom. The standard InChI is InChI=1S/C20H25BrF4N2O4/c1-10(2)7-14(26-16(20(23,24)25)11-3-5-12(21)6-4-11)18(28)27-8-13(22)15-17(27)19(29,30)9-31-15/h3-6,10,13-17,26,29-30H,7-9H2,1-2H3/t13-,14-,15+,16?,17-/m0/s1. The minimum absolute atomic E-state index is 0.0392. The molecule has 0 aliphatic carbocycles. The number of ether oxygens (including phenoxy) is 1. The van der Waals surface area contributed by atoms with Gasteiger partial charge in [0, 0.05) is 4.47 Å². The van der Waals surface area contributed by atoms with E-state index in [-0.39, 0.29) is 17.9 Å². The summed E-state index contributed by atoms with van der Waals surface area (Å²) in [4.78, 5) is 14.1. The van der Waals surface area contributed by atoms with Gasteiger partial charge in [-0.15, -0.1) is 0 Å². The topological polar surface area (TPSA) is 82.0 Å². The summed E-state index contributed by atoms with van der Waals surface area (Å²) < 4.78 is 61.7. The first-order chi connectivity index (χ1) is 14.3. The molecule has 2 heterocycles. The summed E-state index contributed by atoms with van der Waals surface area (Å²) in [5.74, 6) is -3.46. The van der Waals surface area contributed by atoms with E-state index in [9.17, 15) is 32.6 Å². The predicted octanol–water partition coefficient (Wildman–Crippen LogP) is 2.69. The molecule has 174 valence electrons. The quantitative estimate of drug-likeness (QED) is 0.403. The van der Waals surface area contributed by atoms with Crippen molar-refractivity contribution < 1.29 is 37.3 Å². The van der Waals surface area contributed by atoms with Gasteiger partial charge in [0.25, 0.3) is 0 Å². The first kappa shape index (κ1) is 24.4. The van der Waals surface area contributed by atoms with Crippen molar-refractivity contribution in [2.75, 3.05) is 13.2 Å². The van der Waals surface area contributed by atoms with E-state index in [4.69, 9.17) is 4.74 Å².